The van der Waals surface area contributed by atoms with Crippen LogP contribution in [-0.4, -0.2) is 11.2 Å². The van der Waals surface area contributed by atoms with E-state index in [0.717, 1.165) is 12.8 Å². The highest BCUT2D eigenvalue weighted by Gasteiger charge is 2.19. The van der Waals surface area contributed by atoms with Crippen LogP contribution in [0.2, 0.25) is 0 Å². The molecule has 1 saturated carbocycles. The van der Waals surface area contributed by atoms with Crippen molar-refractivity contribution < 1.29 is 18.7 Å². The zero-order valence-corrected chi connectivity index (χ0v) is 13.2. The van der Waals surface area contributed by atoms with Crippen molar-refractivity contribution in [2.24, 2.45) is 0 Å². The van der Waals surface area contributed by atoms with Crippen molar-refractivity contribution in [3.8, 4) is 22.8 Å². The number of benzene rings is 1. The summed E-state index contributed by atoms with van der Waals surface area (Å²) in [6.07, 6.45) is 7.37. The molecule has 3 aromatic rings. The van der Waals surface area contributed by atoms with E-state index < -0.39 is 5.63 Å². The molecule has 1 fully saturated rings. The Kier molecular flexibility index (Phi) is 3.76. The zero-order valence-electron chi connectivity index (χ0n) is 13.2. The van der Waals surface area contributed by atoms with Crippen LogP contribution >= 0.6 is 0 Å². The minimum atomic E-state index is -0.634. The smallest absolute Gasteiger partial charge is 0.351 e. The Morgan fingerprint density at radius 1 is 1.12 bits per heavy atom. The molecule has 0 unspecified atom stereocenters. The van der Waals surface area contributed by atoms with E-state index in [1.807, 2.05) is 0 Å². The summed E-state index contributed by atoms with van der Waals surface area (Å²) >= 11 is 0. The number of hydrogen-bond donors (Lipinski definition) is 1. The summed E-state index contributed by atoms with van der Waals surface area (Å²) in [6, 6.07) is 8.43. The minimum Gasteiger partial charge on any atom is -0.506 e. The van der Waals surface area contributed by atoms with Gasteiger partial charge in [-0.1, -0.05) is 6.42 Å². The average molecular weight is 326 g/mol. The molecule has 4 rings (SSSR count). The first-order valence-corrected chi connectivity index (χ1v) is 8.23. The van der Waals surface area contributed by atoms with Gasteiger partial charge in [-0.15, -0.1) is 0 Å². The van der Waals surface area contributed by atoms with Crippen molar-refractivity contribution in [3.05, 3.63) is 47.0 Å². The van der Waals surface area contributed by atoms with Gasteiger partial charge in [0.15, 0.2) is 0 Å². The van der Waals surface area contributed by atoms with Crippen molar-refractivity contribution >= 4 is 11.0 Å². The van der Waals surface area contributed by atoms with Gasteiger partial charge >= 0.3 is 5.63 Å². The largest absolute Gasteiger partial charge is 0.506 e. The Hall–Kier alpha value is -2.69. The van der Waals surface area contributed by atoms with E-state index in [2.05, 4.69) is 0 Å². The predicted molar refractivity (Wildman–Crippen MR) is 89.4 cm³/mol. The number of hydrogen-bond acceptors (Lipinski definition) is 5. The van der Waals surface area contributed by atoms with Crippen molar-refractivity contribution in [1.29, 1.82) is 0 Å². The molecule has 2 aromatic heterocycles. The highest BCUT2D eigenvalue weighted by molar-refractivity contribution is 5.90. The first kappa shape index (κ1) is 14.9. The number of aromatic hydroxyl groups is 1. The van der Waals surface area contributed by atoms with Crippen LogP contribution in [0.4, 0.5) is 0 Å². The van der Waals surface area contributed by atoms with E-state index in [0.29, 0.717) is 16.7 Å². The van der Waals surface area contributed by atoms with Crippen LogP contribution < -0.4 is 10.4 Å². The van der Waals surface area contributed by atoms with Gasteiger partial charge in [0.2, 0.25) is 0 Å². The van der Waals surface area contributed by atoms with E-state index in [1.54, 1.807) is 30.3 Å². The van der Waals surface area contributed by atoms with Crippen LogP contribution in [0.3, 0.4) is 0 Å². The summed E-state index contributed by atoms with van der Waals surface area (Å²) in [6.45, 7) is 0. The molecule has 0 amide bonds. The van der Waals surface area contributed by atoms with Crippen molar-refractivity contribution in [1.82, 2.24) is 0 Å². The summed E-state index contributed by atoms with van der Waals surface area (Å²) in [5, 5.41) is 10.9. The second-order valence-electron chi connectivity index (χ2n) is 6.13. The van der Waals surface area contributed by atoms with Gasteiger partial charge in [0.05, 0.1) is 17.8 Å². The van der Waals surface area contributed by atoms with E-state index >= 15 is 0 Å². The Bertz CT molecular complexity index is 901. The Balaban J connectivity index is 1.73. The molecule has 0 atom stereocenters. The summed E-state index contributed by atoms with van der Waals surface area (Å²) < 4.78 is 16.6. The lowest BCUT2D eigenvalue weighted by atomic mass is 9.98. The zero-order chi connectivity index (χ0) is 16.5. The highest BCUT2D eigenvalue weighted by Crippen LogP contribution is 2.35. The fourth-order valence-corrected chi connectivity index (χ4v) is 3.25. The average Bonchev–Trinajstić information content (AvgIpc) is 3.09. The second-order valence-corrected chi connectivity index (χ2v) is 6.13. The number of rotatable bonds is 3. The SMILES string of the molecule is O=c1oc2cc(OC3CCCCC3)ccc2c(O)c1-c1ccco1. The Morgan fingerprint density at radius 2 is 1.96 bits per heavy atom. The maximum atomic E-state index is 12.2. The molecule has 124 valence electrons. The molecule has 5 heteroatoms. The third-order valence-electron chi connectivity index (χ3n) is 4.47. The molecule has 0 saturated heterocycles. The number of fused-ring (bicyclic) bond motifs is 1. The normalized spacial score (nSPS) is 15.7. The molecule has 1 N–H and O–H groups in total. The third kappa shape index (κ3) is 2.66. The molecule has 5 nitrogen and oxygen atoms in total. The standard InChI is InChI=1S/C19H18O5/c20-18-14-9-8-13(23-12-5-2-1-3-6-12)11-16(14)24-19(21)17(18)15-7-4-10-22-15/h4,7-12,20H,1-3,5-6H2. The van der Waals surface area contributed by atoms with Crippen LogP contribution in [0, 0.1) is 0 Å². The molecule has 1 aromatic carbocycles. The molecule has 24 heavy (non-hydrogen) atoms. The van der Waals surface area contributed by atoms with E-state index in [-0.39, 0.29) is 23.2 Å². The number of furan rings is 1. The molecule has 0 aliphatic heterocycles. The van der Waals surface area contributed by atoms with Gasteiger partial charge < -0.3 is 18.7 Å². The molecule has 0 bridgehead atoms. The first-order chi connectivity index (χ1) is 11.7. The third-order valence-corrected chi connectivity index (χ3v) is 4.47. The number of ether oxygens (including phenoxy) is 1. The summed E-state index contributed by atoms with van der Waals surface area (Å²) in [7, 11) is 0. The lowest BCUT2D eigenvalue weighted by Gasteiger charge is -2.23. The molecular weight excluding hydrogens is 308 g/mol. The quantitative estimate of drug-likeness (QED) is 0.719. The fraction of sp³-hybridized carbons (Fsp3) is 0.316. The second kappa shape index (κ2) is 6.07. The molecule has 0 spiro atoms. The summed E-state index contributed by atoms with van der Waals surface area (Å²) in [5.74, 6) is 0.800. The van der Waals surface area contributed by atoms with Crippen molar-refractivity contribution in [2.75, 3.05) is 0 Å². The van der Waals surface area contributed by atoms with Gasteiger partial charge in [-0.05, 0) is 49.9 Å². The Morgan fingerprint density at radius 3 is 2.71 bits per heavy atom. The molecule has 0 radical (unpaired) electrons. The fourth-order valence-electron chi connectivity index (χ4n) is 3.25. The van der Waals surface area contributed by atoms with Crippen LogP contribution in [0.1, 0.15) is 32.1 Å². The van der Waals surface area contributed by atoms with E-state index in [4.69, 9.17) is 13.6 Å². The first-order valence-electron chi connectivity index (χ1n) is 8.23. The maximum absolute atomic E-state index is 12.2. The topological polar surface area (TPSA) is 72.8 Å². The van der Waals surface area contributed by atoms with Gasteiger partial charge in [0.1, 0.15) is 28.4 Å². The molecule has 1 aliphatic carbocycles. The van der Waals surface area contributed by atoms with E-state index in [1.165, 1.54) is 25.5 Å². The van der Waals surface area contributed by atoms with Crippen LogP contribution in [-0.2, 0) is 0 Å². The molecule has 1 aliphatic rings. The maximum Gasteiger partial charge on any atom is 0.351 e. The predicted octanol–water partition coefficient (Wildman–Crippen LogP) is 4.47. The van der Waals surface area contributed by atoms with E-state index in [9.17, 15) is 9.90 Å². The van der Waals surface area contributed by atoms with Gasteiger partial charge in [0.25, 0.3) is 0 Å². The van der Waals surface area contributed by atoms with Gasteiger partial charge in [0, 0.05) is 6.07 Å². The van der Waals surface area contributed by atoms with Crippen LogP contribution in [0.25, 0.3) is 22.3 Å². The molecular formula is C19H18O5. The van der Waals surface area contributed by atoms with Crippen molar-refractivity contribution in [2.45, 2.75) is 38.2 Å². The molecule has 2 heterocycles. The van der Waals surface area contributed by atoms with Crippen molar-refractivity contribution in [3.63, 3.8) is 0 Å². The Labute approximate surface area is 138 Å². The van der Waals surface area contributed by atoms with Gasteiger partial charge in [-0.3, -0.25) is 0 Å². The highest BCUT2D eigenvalue weighted by atomic mass is 16.5. The minimum absolute atomic E-state index is 0.0356. The van der Waals surface area contributed by atoms with Crippen LogP contribution in [0.5, 0.6) is 11.5 Å². The van der Waals surface area contributed by atoms with Gasteiger partial charge in [-0.25, -0.2) is 4.79 Å². The lowest BCUT2D eigenvalue weighted by molar-refractivity contribution is 0.155. The van der Waals surface area contributed by atoms with Crippen LogP contribution in [0.15, 0.2) is 50.2 Å². The summed E-state index contributed by atoms with van der Waals surface area (Å²) in [5.41, 5.74) is -0.292. The van der Waals surface area contributed by atoms with Gasteiger partial charge in [-0.2, -0.15) is 0 Å². The monoisotopic (exact) mass is 326 g/mol. The lowest BCUT2D eigenvalue weighted by Crippen LogP contribution is -2.19. The summed E-state index contributed by atoms with van der Waals surface area (Å²) in [4.78, 5) is 12.2.